The number of nitrogens with two attached hydrogens (primary N) is 1. The van der Waals surface area contributed by atoms with E-state index >= 15 is 0 Å². The molecule has 4 heteroatoms. The van der Waals surface area contributed by atoms with Crippen molar-refractivity contribution in [1.29, 1.82) is 0 Å². The number of aryl methyl sites for hydroxylation is 2. The molecule has 0 saturated carbocycles. The molecule has 21 heavy (non-hydrogen) atoms. The molecule has 2 atom stereocenters. The highest BCUT2D eigenvalue weighted by Crippen LogP contribution is 2.22. The first kappa shape index (κ1) is 15.3. The van der Waals surface area contributed by atoms with Crippen LogP contribution in [0.2, 0.25) is 0 Å². The lowest BCUT2D eigenvalue weighted by Crippen LogP contribution is -2.35. The molecule has 0 fully saturated rings. The van der Waals surface area contributed by atoms with Gasteiger partial charge in [0.2, 0.25) is 5.91 Å². The van der Waals surface area contributed by atoms with Crippen LogP contribution in [0, 0.1) is 13.8 Å². The highest BCUT2D eigenvalue weighted by Gasteiger charge is 2.22. The zero-order valence-electron chi connectivity index (χ0n) is 12.7. The average molecular weight is 286 g/mol. The third kappa shape index (κ3) is 3.52. The van der Waals surface area contributed by atoms with E-state index in [9.17, 15) is 4.79 Å². The van der Waals surface area contributed by atoms with Gasteiger partial charge in [0.05, 0.1) is 12.0 Å². The number of rotatable bonds is 5. The number of furan rings is 1. The summed E-state index contributed by atoms with van der Waals surface area (Å²) in [6.45, 7) is 6.04. The number of carbonyl (C=O) groups is 1. The van der Waals surface area contributed by atoms with E-state index in [4.69, 9.17) is 10.2 Å². The Balaban J connectivity index is 2.11. The van der Waals surface area contributed by atoms with E-state index in [1.165, 1.54) is 0 Å². The molecule has 0 aliphatic rings. The van der Waals surface area contributed by atoms with Gasteiger partial charge in [-0.15, -0.1) is 0 Å². The zero-order valence-corrected chi connectivity index (χ0v) is 12.7. The summed E-state index contributed by atoms with van der Waals surface area (Å²) in [6, 6.07) is 11.5. The Bertz CT molecular complexity index is 605. The Hall–Kier alpha value is -2.07. The van der Waals surface area contributed by atoms with Crippen LogP contribution in [0.4, 0.5) is 0 Å². The molecule has 0 spiro atoms. The van der Waals surface area contributed by atoms with Gasteiger partial charge in [0.15, 0.2) is 0 Å². The van der Waals surface area contributed by atoms with Gasteiger partial charge >= 0.3 is 0 Å². The molecule has 2 rings (SSSR count). The van der Waals surface area contributed by atoms with E-state index in [0.29, 0.717) is 0 Å². The van der Waals surface area contributed by atoms with Gasteiger partial charge in [-0.2, -0.15) is 0 Å². The van der Waals surface area contributed by atoms with Crippen LogP contribution in [-0.4, -0.2) is 12.5 Å². The van der Waals surface area contributed by atoms with Crippen LogP contribution in [-0.2, 0) is 4.79 Å². The second-order valence-corrected chi connectivity index (χ2v) is 5.30. The van der Waals surface area contributed by atoms with E-state index in [0.717, 1.165) is 22.6 Å². The Morgan fingerprint density at radius 2 is 1.95 bits per heavy atom. The summed E-state index contributed by atoms with van der Waals surface area (Å²) in [7, 11) is 0. The van der Waals surface area contributed by atoms with Crippen molar-refractivity contribution in [2.24, 2.45) is 5.73 Å². The first-order chi connectivity index (χ1) is 10.0. The molecular weight excluding hydrogens is 264 g/mol. The van der Waals surface area contributed by atoms with Gasteiger partial charge in [-0.3, -0.25) is 4.79 Å². The van der Waals surface area contributed by atoms with E-state index in [-0.39, 0.29) is 24.4 Å². The number of nitrogens with one attached hydrogen (secondary N) is 1. The summed E-state index contributed by atoms with van der Waals surface area (Å²) < 4.78 is 5.51. The Labute approximate surface area is 125 Å². The van der Waals surface area contributed by atoms with Crippen LogP contribution in [0.15, 0.2) is 40.8 Å². The lowest BCUT2D eigenvalue weighted by atomic mass is 9.97. The molecule has 2 unspecified atom stereocenters. The third-order valence-electron chi connectivity index (χ3n) is 3.66. The average Bonchev–Trinajstić information content (AvgIpc) is 2.80. The summed E-state index contributed by atoms with van der Waals surface area (Å²) in [5.74, 6) is 1.29. The van der Waals surface area contributed by atoms with Crippen molar-refractivity contribution in [3.8, 4) is 0 Å². The molecule has 0 aliphatic carbocycles. The van der Waals surface area contributed by atoms with Crippen LogP contribution in [0.3, 0.4) is 0 Å². The molecule has 112 valence electrons. The third-order valence-corrected chi connectivity index (χ3v) is 3.66. The fourth-order valence-electron chi connectivity index (χ4n) is 2.55. The SMILES string of the molecule is Cc1cc(C(C)NC(=O)C(CN)c2ccccc2)c(C)o1. The lowest BCUT2D eigenvalue weighted by Gasteiger charge is -2.19. The molecule has 4 nitrogen and oxygen atoms in total. The first-order valence-electron chi connectivity index (χ1n) is 7.15. The second kappa shape index (κ2) is 6.59. The van der Waals surface area contributed by atoms with Gasteiger partial charge in [0.25, 0.3) is 0 Å². The fourth-order valence-corrected chi connectivity index (χ4v) is 2.55. The van der Waals surface area contributed by atoms with Crippen LogP contribution < -0.4 is 11.1 Å². The molecule has 0 saturated heterocycles. The number of hydrogen-bond acceptors (Lipinski definition) is 3. The maximum Gasteiger partial charge on any atom is 0.229 e. The molecule has 2 aromatic rings. The Kier molecular flexibility index (Phi) is 4.81. The molecule has 1 heterocycles. The number of carbonyl (C=O) groups excluding carboxylic acids is 1. The lowest BCUT2D eigenvalue weighted by molar-refractivity contribution is -0.123. The minimum atomic E-state index is -0.332. The molecule has 0 radical (unpaired) electrons. The molecule has 1 aromatic heterocycles. The summed E-state index contributed by atoms with van der Waals surface area (Å²) in [5.41, 5.74) is 7.71. The van der Waals surface area contributed by atoms with Gasteiger partial charge in [0.1, 0.15) is 11.5 Å². The van der Waals surface area contributed by atoms with E-state index in [2.05, 4.69) is 5.32 Å². The number of hydrogen-bond donors (Lipinski definition) is 2. The molecular formula is C17H22N2O2. The molecule has 3 N–H and O–H groups in total. The number of benzene rings is 1. The van der Waals surface area contributed by atoms with Gasteiger partial charge in [-0.25, -0.2) is 0 Å². The van der Waals surface area contributed by atoms with E-state index in [1.807, 2.05) is 57.2 Å². The maximum absolute atomic E-state index is 12.5. The standard InChI is InChI=1S/C17H22N2O2/c1-11-9-15(13(3)21-11)12(2)19-17(20)16(10-18)14-7-5-4-6-8-14/h4-9,12,16H,10,18H2,1-3H3,(H,19,20). The zero-order chi connectivity index (χ0) is 15.4. The highest BCUT2D eigenvalue weighted by molar-refractivity contribution is 5.84. The second-order valence-electron chi connectivity index (χ2n) is 5.30. The summed E-state index contributed by atoms with van der Waals surface area (Å²) in [5, 5.41) is 3.02. The van der Waals surface area contributed by atoms with E-state index in [1.54, 1.807) is 0 Å². The Morgan fingerprint density at radius 3 is 2.48 bits per heavy atom. The van der Waals surface area contributed by atoms with Gasteiger partial charge in [0, 0.05) is 12.1 Å². The van der Waals surface area contributed by atoms with Crippen molar-refractivity contribution in [3.05, 3.63) is 59.0 Å². The minimum absolute atomic E-state index is 0.0607. The van der Waals surface area contributed by atoms with Crippen molar-refractivity contribution >= 4 is 5.91 Å². The highest BCUT2D eigenvalue weighted by atomic mass is 16.3. The molecule has 1 amide bonds. The predicted molar refractivity (Wildman–Crippen MR) is 83.0 cm³/mol. The number of amides is 1. The van der Waals surface area contributed by atoms with E-state index < -0.39 is 0 Å². The van der Waals surface area contributed by atoms with Gasteiger partial charge in [-0.05, 0) is 32.4 Å². The Morgan fingerprint density at radius 1 is 1.29 bits per heavy atom. The van der Waals surface area contributed by atoms with Crippen molar-refractivity contribution < 1.29 is 9.21 Å². The molecule has 0 bridgehead atoms. The first-order valence-corrected chi connectivity index (χ1v) is 7.15. The smallest absolute Gasteiger partial charge is 0.229 e. The normalized spacial score (nSPS) is 13.7. The van der Waals surface area contributed by atoms with Crippen LogP contribution in [0.1, 0.15) is 41.5 Å². The topological polar surface area (TPSA) is 68.3 Å². The van der Waals surface area contributed by atoms with Crippen molar-refractivity contribution in [2.75, 3.05) is 6.54 Å². The summed E-state index contributed by atoms with van der Waals surface area (Å²) in [6.07, 6.45) is 0. The van der Waals surface area contributed by atoms with Crippen molar-refractivity contribution in [1.82, 2.24) is 5.32 Å². The summed E-state index contributed by atoms with van der Waals surface area (Å²) >= 11 is 0. The maximum atomic E-state index is 12.5. The minimum Gasteiger partial charge on any atom is -0.466 e. The molecule has 1 aromatic carbocycles. The van der Waals surface area contributed by atoms with Crippen molar-refractivity contribution in [3.63, 3.8) is 0 Å². The predicted octanol–water partition coefficient (Wildman–Crippen LogP) is 2.82. The van der Waals surface area contributed by atoms with Gasteiger partial charge in [-0.1, -0.05) is 30.3 Å². The summed E-state index contributed by atoms with van der Waals surface area (Å²) in [4.78, 5) is 12.5. The van der Waals surface area contributed by atoms with Gasteiger partial charge < -0.3 is 15.5 Å². The van der Waals surface area contributed by atoms with Crippen LogP contribution in [0.5, 0.6) is 0 Å². The van der Waals surface area contributed by atoms with Crippen LogP contribution in [0.25, 0.3) is 0 Å². The van der Waals surface area contributed by atoms with Crippen molar-refractivity contribution in [2.45, 2.75) is 32.7 Å². The quantitative estimate of drug-likeness (QED) is 0.888. The fraction of sp³-hybridized carbons (Fsp3) is 0.353. The van der Waals surface area contributed by atoms with Crippen LogP contribution >= 0.6 is 0 Å². The largest absolute Gasteiger partial charge is 0.466 e. The monoisotopic (exact) mass is 286 g/mol. The molecule has 0 aliphatic heterocycles.